The molecule has 19 heavy (non-hydrogen) atoms. The second kappa shape index (κ2) is 6.14. The van der Waals surface area contributed by atoms with Crippen molar-refractivity contribution in [2.45, 2.75) is 57.7 Å². The van der Waals surface area contributed by atoms with E-state index in [1.54, 1.807) is 11.0 Å². The quantitative estimate of drug-likeness (QED) is 0.714. The van der Waals surface area contributed by atoms with Crippen molar-refractivity contribution in [1.29, 1.82) is 0 Å². The third-order valence-corrected chi connectivity index (χ3v) is 3.36. The zero-order valence-corrected chi connectivity index (χ0v) is 11.6. The molecule has 1 N–H and O–H groups in total. The van der Waals surface area contributed by atoms with Crippen molar-refractivity contribution in [2.24, 2.45) is 0 Å². The number of nitrogens with zero attached hydrogens (tertiary/aromatic N) is 3. The molecule has 1 aliphatic rings. The molecule has 0 aromatic carbocycles. The maximum atomic E-state index is 12.1. The lowest BCUT2D eigenvalue weighted by molar-refractivity contribution is -0.151. The van der Waals surface area contributed by atoms with Crippen molar-refractivity contribution >= 4 is 5.97 Å². The summed E-state index contributed by atoms with van der Waals surface area (Å²) in [6, 6.07) is 0.473. The van der Waals surface area contributed by atoms with Crippen molar-refractivity contribution in [3.8, 4) is 0 Å². The minimum Gasteiger partial charge on any atom is -0.465 e. The van der Waals surface area contributed by atoms with Gasteiger partial charge in [0.05, 0.1) is 6.61 Å². The summed E-state index contributed by atoms with van der Waals surface area (Å²) in [6.07, 6.45) is 7.11. The molecule has 1 aromatic rings. The highest BCUT2D eigenvalue weighted by atomic mass is 16.5. The van der Waals surface area contributed by atoms with Gasteiger partial charge < -0.3 is 4.74 Å². The number of aromatic nitrogens is 3. The highest BCUT2D eigenvalue weighted by Crippen LogP contribution is 2.25. The summed E-state index contributed by atoms with van der Waals surface area (Å²) in [5.41, 5.74) is -0.586. The first-order valence-electron chi connectivity index (χ1n) is 6.91. The fourth-order valence-electron chi connectivity index (χ4n) is 2.14. The molecule has 0 aliphatic heterocycles. The summed E-state index contributed by atoms with van der Waals surface area (Å²) in [4.78, 5) is 16.0. The van der Waals surface area contributed by atoms with Gasteiger partial charge in [0, 0.05) is 12.6 Å². The SMILES string of the molecule is CCOC(=O)C(C)(CCCn1cncn1)NC1CC1. The third-order valence-electron chi connectivity index (χ3n) is 3.36. The maximum absolute atomic E-state index is 12.1. The number of ether oxygens (including phenoxy) is 1. The summed E-state index contributed by atoms with van der Waals surface area (Å²) in [5, 5.41) is 7.47. The molecule has 6 nitrogen and oxygen atoms in total. The first-order chi connectivity index (χ1) is 9.14. The van der Waals surface area contributed by atoms with E-state index in [0.29, 0.717) is 12.6 Å². The first kappa shape index (κ1) is 14.0. The van der Waals surface area contributed by atoms with E-state index in [9.17, 15) is 4.79 Å². The molecule has 0 spiro atoms. The van der Waals surface area contributed by atoms with Crippen LogP contribution in [0.1, 0.15) is 39.5 Å². The molecule has 0 radical (unpaired) electrons. The van der Waals surface area contributed by atoms with Crippen LogP contribution in [0.3, 0.4) is 0 Å². The number of esters is 1. The third kappa shape index (κ3) is 4.02. The number of carbonyl (C=O) groups excluding carboxylic acids is 1. The summed E-state index contributed by atoms with van der Waals surface area (Å²) in [5.74, 6) is -0.152. The van der Waals surface area contributed by atoms with Gasteiger partial charge in [0.1, 0.15) is 18.2 Å². The van der Waals surface area contributed by atoms with Crippen molar-refractivity contribution in [3.05, 3.63) is 12.7 Å². The Hall–Kier alpha value is -1.43. The normalized spacial score (nSPS) is 18.0. The minimum atomic E-state index is -0.586. The summed E-state index contributed by atoms with van der Waals surface area (Å²) < 4.78 is 6.97. The van der Waals surface area contributed by atoms with Crippen LogP contribution in [0, 0.1) is 0 Å². The monoisotopic (exact) mass is 266 g/mol. The van der Waals surface area contributed by atoms with Crippen LogP contribution in [0.5, 0.6) is 0 Å². The average molecular weight is 266 g/mol. The zero-order chi connectivity index (χ0) is 13.7. The summed E-state index contributed by atoms with van der Waals surface area (Å²) >= 11 is 0. The molecule has 6 heteroatoms. The van der Waals surface area contributed by atoms with Gasteiger partial charge in [0.25, 0.3) is 0 Å². The predicted molar refractivity (Wildman–Crippen MR) is 70.5 cm³/mol. The molecule has 1 heterocycles. The zero-order valence-electron chi connectivity index (χ0n) is 11.6. The van der Waals surface area contributed by atoms with E-state index in [1.165, 1.54) is 6.33 Å². The van der Waals surface area contributed by atoms with Crippen LogP contribution in [0.25, 0.3) is 0 Å². The maximum Gasteiger partial charge on any atom is 0.326 e. The van der Waals surface area contributed by atoms with Gasteiger partial charge in [0.2, 0.25) is 0 Å². The summed E-state index contributed by atoms with van der Waals surface area (Å²) in [6.45, 7) is 4.96. The van der Waals surface area contributed by atoms with Crippen LogP contribution in [-0.4, -0.2) is 38.9 Å². The number of hydrogen-bond donors (Lipinski definition) is 1. The van der Waals surface area contributed by atoms with Gasteiger partial charge in [-0.15, -0.1) is 0 Å². The molecule has 1 aromatic heterocycles. The summed E-state index contributed by atoms with van der Waals surface area (Å²) in [7, 11) is 0. The Kier molecular flexibility index (Phi) is 4.52. The number of nitrogens with one attached hydrogen (secondary N) is 1. The predicted octanol–water partition coefficient (Wildman–Crippen LogP) is 1.13. The number of carbonyl (C=O) groups is 1. The molecule has 2 rings (SSSR count). The van der Waals surface area contributed by atoms with Crippen LogP contribution in [-0.2, 0) is 16.1 Å². The van der Waals surface area contributed by atoms with E-state index in [0.717, 1.165) is 32.2 Å². The van der Waals surface area contributed by atoms with Gasteiger partial charge in [-0.05, 0) is 39.5 Å². The highest BCUT2D eigenvalue weighted by molar-refractivity contribution is 5.80. The molecule has 0 bridgehead atoms. The van der Waals surface area contributed by atoms with Crippen molar-refractivity contribution in [3.63, 3.8) is 0 Å². The van der Waals surface area contributed by atoms with E-state index >= 15 is 0 Å². The van der Waals surface area contributed by atoms with Gasteiger partial charge in [-0.2, -0.15) is 5.10 Å². The van der Waals surface area contributed by atoms with Gasteiger partial charge in [-0.25, -0.2) is 4.98 Å². The molecule has 0 amide bonds. The molecule has 1 unspecified atom stereocenters. The number of rotatable bonds is 8. The standard InChI is InChI=1S/C13H22N4O2/c1-3-19-12(18)13(2,16-11-5-6-11)7-4-8-17-10-14-9-15-17/h9-11,16H,3-8H2,1-2H3. The molecule has 106 valence electrons. The van der Waals surface area contributed by atoms with Crippen LogP contribution >= 0.6 is 0 Å². The smallest absolute Gasteiger partial charge is 0.326 e. The lowest BCUT2D eigenvalue weighted by atomic mass is 9.95. The fourth-order valence-corrected chi connectivity index (χ4v) is 2.14. The van der Waals surface area contributed by atoms with E-state index in [1.807, 2.05) is 13.8 Å². The molecule has 0 saturated heterocycles. The molecule has 1 fully saturated rings. The van der Waals surface area contributed by atoms with Gasteiger partial charge in [0.15, 0.2) is 0 Å². The van der Waals surface area contributed by atoms with E-state index in [-0.39, 0.29) is 5.97 Å². The molecule has 1 saturated carbocycles. The van der Waals surface area contributed by atoms with E-state index < -0.39 is 5.54 Å². The fraction of sp³-hybridized carbons (Fsp3) is 0.769. The number of aryl methyl sites for hydroxylation is 1. The number of hydrogen-bond acceptors (Lipinski definition) is 5. The second-order valence-electron chi connectivity index (χ2n) is 5.23. The highest BCUT2D eigenvalue weighted by Gasteiger charge is 2.39. The largest absolute Gasteiger partial charge is 0.465 e. The minimum absolute atomic E-state index is 0.152. The van der Waals surface area contributed by atoms with Crippen LogP contribution in [0.4, 0.5) is 0 Å². The van der Waals surface area contributed by atoms with Gasteiger partial charge >= 0.3 is 5.97 Å². The first-order valence-corrected chi connectivity index (χ1v) is 6.91. The van der Waals surface area contributed by atoms with Crippen molar-refractivity contribution in [1.82, 2.24) is 20.1 Å². The Morgan fingerprint density at radius 1 is 1.58 bits per heavy atom. The van der Waals surface area contributed by atoms with E-state index in [4.69, 9.17) is 4.74 Å². The Morgan fingerprint density at radius 3 is 2.95 bits per heavy atom. The Morgan fingerprint density at radius 2 is 2.37 bits per heavy atom. The van der Waals surface area contributed by atoms with Crippen LogP contribution in [0.15, 0.2) is 12.7 Å². The Bertz CT molecular complexity index is 403. The second-order valence-corrected chi connectivity index (χ2v) is 5.23. The molecule has 1 aliphatic carbocycles. The topological polar surface area (TPSA) is 69.0 Å². The molecular weight excluding hydrogens is 244 g/mol. The van der Waals surface area contributed by atoms with Crippen LogP contribution in [0.2, 0.25) is 0 Å². The lowest BCUT2D eigenvalue weighted by Gasteiger charge is -2.28. The Balaban J connectivity index is 1.86. The van der Waals surface area contributed by atoms with Crippen molar-refractivity contribution < 1.29 is 9.53 Å². The van der Waals surface area contributed by atoms with Crippen LogP contribution < -0.4 is 5.32 Å². The molecular formula is C13H22N4O2. The van der Waals surface area contributed by atoms with E-state index in [2.05, 4.69) is 15.4 Å². The van der Waals surface area contributed by atoms with Gasteiger partial charge in [-0.1, -0.05) is 0 Å². The molecule has 1 atom stereocenters. The Labute approximate surface area is 113 Å². The lowest BCUT2D eigenvalue weighted by Crippen LogP contribution is -2.51. The average Bonchev–Trinajstić information content (AvgIpc) is 3.03. The van der Waals surface area contributed by atoms with Crippen molar-refractivity contribution in [2.75, 3.05) is 6.61 Å². The van der Waals surface area contributed by atoms with Gasteiger partial charge in [-0.3, -0.25) is 14.8 Å².